The Bertz CT molecular complexity index is 695. The Morgan fingerprint density at radius 1 is 1.33 bits per heavy atom. The molecule has 21 heavy (non-hydrogen) atoms. The Labute approximate surface area is 129 Å². The molecule has 7 heteroatoms. The van der Waals surface area contributed by atoms with E-state index in [-0.39, 0.29) is 6.54 Å². The summed E-state index contributed by atoms with van der Waals surface area (Å²) in [4.78, 5) is 1.01. The SMILES string of the molecule is CCOCCCNS(=O)(=O)c1c(CN)sc2ccccc12. The van der Waals surface area contributed by atoms with Crippen molar-refractivity contribution in [2.75, 3.05) is 19.8 Å². The van der Waals surface area contributed by atoms with Gasteiger partial charge in [-0.05, 0) is 19.4 Å². The molecule has 0 fully saturated rings. The van der Waals surface area contributed by atoms with Crippen LogP contribution in [-0.2, 0) is 21.3 Å². The predicted octanol–water partition coefficient (Wildman–Crippen LogP) is 2.06. The molecular weight excluding hydrogens is 308 g/mol. The largest absolute Gasteiger partial charge is 0.382 e. The molecule has 2 aromatic rings. The van der Waals surface area contributed by atoms with Gasteiger partial charge in [-0.2, -0.15) is 0 Å². The summed E-state index contributed by atoms with van der Waals surface area (Å²) < 4.78 is 33.8. The highest BCUT2D eigenvalue weighted by atomic mass is 32.2. The highest BCUT2D eigenvalue weighted by Gasteiger charge is 2.23. The Morgan fingerprint density at radius 3 is 2.81 bits per heavy atom. The molecule has 0 spiro atoms. The van der Waals surface area contributed by atoms with E-state index in [1.54, 1.807) is 0 Å². The van der Waals surface area contributed by atoms with Crippen LogP contribution in [0, 0.1) is 0 Å². The number of hydrogen-bond donors (Lipinski definition) is 2. The van der Waals surface area contributed by atoms with Gasteiger partial charge in [0, 0.05) is 41.3 Å². The van der Waals surface area contributed by atoms with E-state index in [0.29, 0.717) is 36.0 Å². The molecule has 0 saturated carbocycles. The number of fused-ring (bicyclic) bond motifs is 1. The molecular formula is C14H20N2O3S2. The molecule has 0 bridgehead atoms. The molecule has 116 valence electrons. The standard InChI is InChI=1S/C14H20N2O3S2/c1-2-19-9-5-8-16-21(17,18)14-11-6-3-4-7-12(11)20-13(14)10-15/h3-4,6-7,16H,2,5,8-10,15H2,1H3. The summed E-state index contributed by atoms with van der Waals surface area (Å²) in [6, 6.07) is 7.46. The van der Waals surface area contributed by atoms with Crippen LogP contribution in [0.15, 0.2) is 29.2 Å². The fraction of sp³-hybridized carbons (Fsp3) is 0.429. The predicted molar refractivity (Wildman–Crippen MR) is 86.0 cm³/mol. The minimum absolute atomic E-state index is 0.217. The van der Waals surface area contributed by atoms with Gasteiger partial charge in [-0.3, -0.25) is 0 Å². The smallest absolute Gasteiger partial charge is 0.242 e. The van der Waals surface area contributed by atoms with E-state index in [1.165, 1.54) is 11.3 Å². The van der Waals surface area contributed by atoms with Gasteiger partial charge in [0.2, 0.25) is 10.0 Å². The van der Waals surface area contributed by atoms with Gasteiger partial charge in [0.15, 0.2) is 0 Å². The fourth-order valence-electron chi connectivity index (χ4n) is 2.10. The van der Waals surface area contributed by atoms with E-state index in [4.69, 9.17) is 10.5 Å². The number of benzene rings is 1. The number of thiophene rings is 1. The second-order valence-corrected chi connectivity index (χ2v) is 7.34. The minimum Gasteiger partial charge on any atom is -0.382 e. The van der Waals surface area contributed by atoms with E-state index >= 15 is 0 Å². The quantitative estimate of drug-likeness (QED) is 0.727. The molecule has 5 nitrogen and oxygen atoms in total. The van der Waals surface area contributed by atoms with Gasteiger partial charge in [0.05, 0.1) is 0 Å². The third-order valence-electron chi connectivity index (χ3n) is 3.03. The first-order valence-electron chi connectivity index (χ1n) is 6.88. The third kappa shape index (κ3) is 3.81. The summed E-state index contributed by atoms with van der Waals surface area (Å²) in [6.45, 7) is 3.67. The van der Waals surface area contributed by atoms with Crippen LogP contribution in [0.4, 0.5) is 0 Å². The first-order chi connectivity index (χ1) is 10.1. The molecule has 0 aliphatic rings. The topological polar surface area (TPSA) is 81.4 Å². The van der Waals surface area contributed by atoms with Crippen molar-refractivity contribution < 1.29 is 13.2 Å². The molecule has 1 aromatic heterocycles. The van der Waals surface area contributed by atoms with Gasteiger partial charge in [0.25, 0.3) is 0 Å². The van der Waals surface area contributed by atoms with E-state index < -0.39 is 10.0 Å². The van der Waals surface area contributed by atoms with Crippen LogP contribution in [-0.4, -0.2) is 28.2 Å². The van der Waals surface area contributed by atoms with Gasteiger partial charge < -0.3 is 10.5 Å². The van der Waals surface area contributed by atoms with Gasteiger partial charge in [-0.15, -0.1) is 11.3 Å². The molecule has 0 unspecified atom stereocenters. The summed E-state index contributed by atoms with van der Waals surface area (Å²) in [7, 11) is -3.55. The van der Waals surface area contributed by atoms with Crippen LogP contribution in [0.1, 0.15) is 18.2 Å². The number of hydrogen-bond acceptors (Lipinski definition) is 5. The first kappa shape index (κ1) is 16.4. The van der Waals surface area contributed by atoms with Crippen molar-refractivity contribution in [3.05, 3.63) is 29.1 Å². The summed E-state index contributed by atoms with van der Waals surface area (Å²) in [5.74, 6) is 0. The molecule has 2 rings (SSSR count). The van der Waals surface area contributed by atoms with Crippen LogP contribution >= 0.6 is 11.3 Å². The number of nitrogens with one attached hydrogen (secondary N) is 1. The van der Waals surface area contributed by atoms with Crippen LogP contribution < -0.4 is 10.5 Å². The maximum absolute atomic E-state index is 12.5. The van der Waals surface area contributed by atoms with Gasteiger partial charge in [0.1, 0.15) is 4.90 Å². The van der Waals surface area contributed by atoms with E-state index in [9.17, 15) is 8.42 Å². The molecule has 0 aliphatic carbocycles. The van der Waals surface area contributed by atoms with Crippen LogP contribution in [0.2, 0.25) is 0 Å². The summed E-state index contributed by atoms with van der Waals surface area (Å²) in [5.41, 5.74) is 5.70. The molecule has 0 aliphatic heterocycles. The summed E-state index contributed by atoms with van der Waals surface area (Å²) in [5, 5.41) is 0.736. The highest BCUT2D eigenvalue weighted by Crippen LogP contribution is 2.34. The third-order valence-corrected chi connectivity index (χ3v) is 5.94. The number of nitrogens with two attached hydrogens (primary N) is 1. The maximum Gasteiger partial charge on any atom is 0.242 e. The molecule has 0 atom stereocenters. The van der Waals surface area contributed by atoms with Crippen molar-refractivity contribution in [3.8, 4) is 0 Å². The zero-order chi connectivity index (χ0) is 15.3. The lowest BCUT2D eigenvalue weighted by Crippen LogP contribution is -2.26. The Balaban J connectivity index is 2.23. The molecule has 0 amide bonds. The number of rotatable bonds is 8. The second-order valence-electron chi connectivity index (χ2n) is 4.50. The van der Waals surface area contributed by atoms with Gasteiger partial charge in [-0.25, -0.2) is 13.1 Å². The van der Waals surface area contributed by atoms with Gasteiger partial charge >= 0.3 is 0 Å². The lowest BCUT2D eigenvalue weighted by atomic mass is 10.2. The zero-order valence-electron chi connectivity index (χ0n) is 12.0. The van der Waals surface area contributed by atoms with Crippen molar-refractivity contribution in [1.82, 2.24) is 4.72 Å². The van der Waals surface area contributed by atoms with Crippen molar-refractivity contribution in [2.24, 2.45) is 5.73 Å². The lowest BCUT2D eigenvalue weighted by Gasteiger charge is -2.08. The zero-order valence-corrected chi connectivity index (χ0v) is 13.6. The van der Waals surface area contributed by atoms with Crippen molar-refractivity contribution in [1.29, 1.82) is 0 Å². The molecule has 0 radical (unpaired) electrons. The van der Waals surface area contributed by atoms with Crippen LogP contribution in [0.3, 0.4) is 0 Å². The van der Waals surface area contributed by atoms with Crippen LogP contribution in [0.5, 0.6) is 0 Å². The van der Waals surface area contributed by atoms with Crippen molar-refractivity contribution in [3.63, 3.8) is 0 Å². The van der Waals surface area contributed by atoms with E-state index in [0.717, 1.165) is 10.1 Å². The average Bonchev–Trinajstić information content (AvgIpc) is 2.86. The maximum atomic E-state index is 12.5. The van der Waals surface area contributed by atoms with Crippen molar-refractivity contribution >= 4 is 31.4 Å². The fourth-order valence-corrected chi connectivity index (χ4v) is 5.00. The lowest BCUT2D eigenvalue weighted by molar-refractivity contribution is 0.146. The average molecular weight is 328 g/mol. The van der Waals surface area contributed by atoms with Gasteiger partial charge in [-0.1, -0.05) is 18.2 Å². The summed E-state index contributed by atoms with van der Waals surface area (Å²) in [6.07, 6.45) is 0.646. The number of sulfonamides is 1. The Morgan fingerprint density at radius 2 is 2.10 bits per heavy atom. The summed E-state index contributed by atoms with van der Waals surface area (Å²) >= 11 is 1.43. The van der Waals surface area contributed by atoms with Crippen molar-refractivity contribution in [2.45, 2.75) is 24.8 Å². The first-order valence-corrected chi connectivity index (χ1v) is 9.18. The molecule has 1 heterocycles. The molecule has 0 saturated heterocycles. The Kier molecular flexibility index (Phi) is 5.72. The normalized spacial score (nSPS) is 12.1. The molecule has 3 N–H and O–H groups in total. The Hall–Kier alpha value is -0.990. The monoisotopic (exact) mass is 328 g/mol. The number of ether oxygens (including phenoxy) is 1. The van der Waals surface area contributed by atoms with E-state index in [1.807, 2.05) is 31.2 Å². The van der Waals surface area contributed by atoms with Crippen LogP contribution in [0.25, 0.3) is 10.1 Å². The molecule has 1 aromatic carbocycles. The second kappa shape index (κ2) is 7.33. The highest BCUT2D eigenvalue weighted by molar-refractivity contribution is 7.90. The van der Waals surface area contributed by atoms with E-state index in [2.05, 4.69) is 4.72 Å². The minimum atomic E-state index is -3.55.